The zero-order chi connectivity index (χ0) is 47.4. The Hall–Kier alpha value is -2.18. The predicted octanol–water partition coefficient (Wildman–Crippen LogP) is 7.84. The third-order valence-electron chi connectivity index (χ3n) is 9.13. The molecule has 0 aliphatic rings. The van der Waals surface area contributed by atoms with Crippen LogP contribution in [0.25, 0.3) is 0 Å². The van der Waals surface area contributed by atoms with Crippen molar-refractivity contribution in [3.05, 3.63) is 48.6 Å². The van der Waals surface area contributed by atoms with Gasteiger partial charge >= 0.3 is 33.6 Å². The van der Waals surface area contributed by atoms with Crippen LogP contribution in [0.15, 0.2) is 48.6 Å². The Balaban J connectivity index is 5.41. The highest BCUT2D eigenvalue weighted by atomic mass is 32.2. The molecule has 0 saturated heterocycles. The number of hydrogen-bond donors (Lipinski definition) is 7. The van der Waals surface area contributed by atoms with Crippen molar-refractivity contribution in [3.8, 4) is 0 Å². The molecule has 0 aliphatic carbocycles. The molecule has 0 rings (SSSR count). The molecule has 0 saturated carbocycles. The van der Waals surface area contributed by atoms with Gasteiger partial charge in [-0.15, -0.1) is 11.8 Å². The topological polar surface area (TPSA) is 279 Å². The minimum atomic E-state index is -4.94. The van der Waals surface area contributed by atoms with Crippen molar-refractivity contribution in [3.63, 3.8) is 0 Å². The molecule has 17 nitrogen and oxygen atoms in total. The summed E-state index contributed by atoms with van der Waals surface area (Å²) in [6, 6.07) is -1.22. The van der Waals surface area contributed by atoms with Crippen LogP contribution in [0, 0.1) is 5.92 Å². The maximum absolute atomic E-state index is 13.0. The first kappa shape index (κ1) is 60.8. The summed E-state index contributed by atoms with van der Waals surface area (Å²) in [5.74, 6) is -1.88. The van der Waals surface area contributed by atoms with E-state index < -0.39 is 89.6 Å². The van der Waals surface area contributed by atoms with Crippen LogP contribution in [0.3, 0.4) is 0 Å². The van der Waals surface area contributed by atoms with Gasteiger partial charge in [-0.2, -0.15) is 0 Å². The molecule has 366 valence electrons. The Morgan fingerprint density at radius 1 is 0.714 bits per heavy atom. The fourth-order valence-corrected chi connectivity index (χ4v) is 7.90. The van der Waals surface area contributed by atoms with Crippen LogP contribution in [0.4, 0.5) is 0 Å². The van der Waals surface area contributed by atoms with Gasteiger partial charge in [0.2, 0.25) is 0 Å². The molecule has 0 aromatic rings. The van der Waals surface area contributed by atoms with Crippen LogP contribution in [-0.2, 0) is 46.6 Å². The summed E-state index contributed by atoms with van der Waals surface area (Å²) in [6.45, 7) is 3.37. The van der Waals surface area contributed by atoms with Gasteiger partial charge in [0.15, 0.2) is 6.10 Å². The van der Waals surface area contributed by atoms with Gasteiger partial charge in [-0.1, -0.05) is 134 Å². The Kier molecular flexibility index (Phi) is 36.7. The van der Waals surface area contributed by atoms with Crippen LogP contribution in [-0.4, -0.2) is 110 Å². The lowest BCUT2D eigenvalue weighted by molar-refractivity contribution is -0.161. The number of carbonyl (C=O) groups excluding carboxylic acids is 2. The number of rotatable bonds is 41. The van der Waals surface area contributed by atoms with E-state index >= 15 is 0 Å². The third-order valence-corrected chi connectivity index (χ3v) is 12.0. The van der Waals surface area contributed by atoms with Crippen molar-refractivity contribution in [2.75, 3.05) is 32.2 Å². The number of aliphatic carboxylic acids is 1. The van der Waals surface area contributed by atoms with E-state index in [9.17, 15) is 38.6 Å². The number of unbranched alkanes of at least 4 members (excludes halogenated alkanes) is 10. The van der Waals surface area contributed by atoms with Crippen LogP contribution >= 0.6 is 27.4 Å². The number of phosphoric ester groups is 2. The number of esters is 2. The number of hydrogen-bond acceptors (Lipinski definition) is 14. The van der Waals surface area contributed by atoms with Gasteiger partial charge in [-0.3, -0.25) is 28.0 Å². The van der Waals surface area contributed by atoms with Crippen molar-refractivity contribution < 1.29 is 76.6 Å². The largest absolute Gasteiger partial charge is 0.481 e. The Morgan fingerprint density at radius 3 is 2.00 bits per heavy atom. The summed E-state index contributed by atoms with van der Waals surface area (Å²) < 4.78 is 47.9. The van der Waals surface area contributed by atoms with Crippen molar-refractivity contribution >= 4 is 45.3 Å². The van der Waals surface area contributed by atoms with E-state index in [-0.39, 0.29) is 31.4 Å². The van der Waals surface area contributed by atoms with E-state index in [1.54, 1.807) is 18.2 Å². The first-order valence-corrected chi connectivity index (χ1v) is 26.2. The lowest BCUT2D eigenvalue weighted by atomic mass is 10.0. The molecular formula is C43H77NO16P2S. The normalized spacial score (nSPS) is 15.9. The minimum absolute atomic E-state index is 0.0231. The third kappa shape index (κ3) is 39.9. The van der Waals surface area contributed by atoms with Gasteiger partial charge in [0, 0.05) is 23.8 Å². The SMILES string of the molecule is CCCCC/C=C\C\C=C/C=C/C=C/[C@@H](SC[C@H](N)C(=O)OC[C@H](COP(=O)(O)OC[C@@H](O)COP(=O)(O)O)OC(=O)CCCCCCCCCCC(C)C)[C@@H](O)CCCC(=O)O. The number of phosphoric acid groups is 2. The highest BCUT2D eigenvalue weighted by Gasteiger charge is 2.29. The molecule has 1 unspecified atom stereocenters. The lowest BCUT2D eigenvalue weighted by Crippen LogP contribution is -2.38. The van der Waals surface area contributed by atoms with Gasteiger partial charge in [0.25, 0.3) is 0 Å². The molecule has 6 atom stereocenters. The second-order valence-electron chi connectivity index (χ2n) is 15.7. The zero-order valence-corrected chi connectivity index (χ0v) is 40.1. The summed E-state index contributed by atoms with van der Waals surface area (Å²) >= 11 is 1.16. The van der Waals surface area contributed by atoms with Crippen LogP contribution in [0.5, 0.6) is 0 Å². The van der Waals surface area contributed by atoms with E-state index in [0.29, 0.717) is 12.3 Å². The van der Waals surface area contributed by atoms with Crippen LogP contribution < -0.4 is 5.73 Å². The van der Waals surface area contributed by atoms with Crippen LogP contribution in [0.2, 0.25) is 0 Å². The molecule has 0 bridgehead atoms. The lowest BCUT2D eigenvalue weighted by Gasteiger charge is -2.22. The highest BCUT2D eigenvalue weighted by molar-refractivity contribution is 8.00. The first-order valence-electron chi connectivity index (χ1n) is 22.1. The molecule has 0 amide bonds. The molecule has 0 spiro atoms. The van der Waals surface area contributed by atoms with E-state index in [2.05, 4.69) is 42.0 Å². The molecule has 8 N–H and O–H groups in total. The van der Waals surface area contributed by atoms with Gasteiger partial charge in [0.1, 0.15) is 18.8 Å². The van der Waals surface area contributed by atoms with E-state index in [1.165, 1.54) is 38.5 Å². The average Bonchev–Trinajstić information content (AvgIpc) is 3.21. The number of ether oxygens (including phenoxy) is 2. The molecule has 0 aromatic carbocycles. The molecule has 20 heteroatoms. The maximum atomic E-state index is 13.0. The van der Waals surface area contributed by atoms with Gasteiger partial charge in [-0.05, 0) is 44.4 Å². The fourth-order valence-electron chi connectivity index (χ4n) is 5.62. The first-order chi connectivity index (χ1) is 29.8. The zero-order valence-electron chi connectivity index (χ0n) is 37.5. The summed E-state index contributed by atoms with van der Waals surface area (Å²) in [4.78, 5) is 64.5. The molecule has 0 heterocycles. The standard InChI is InChI=1S/C43H77NO16P2S/c1-4-5-6-7-8-9-10-11-12-16-19-22-27-40(39(46)26-24-28-41(47)48)63-34-38(44)43(50)56-32-37(33-59-62(54,55)58-31-36(45)30-57-61(51,52)53)60-42(49)29-23-20-17-14-13-15-18-21-25-35(2)3/h8-9,11-12,16,19,22,27,35-40,45-46H,4-7,10,13-15,17-18,20-21,23-26,28-34,44H2,1-3H3,(H,47,48)(H,54,55)(H2,51,52,53)/b9-8-,12-11-,19-16+,27-22+/t36-,37+,38-,39-,40+/m0/s1. The minimum Gasteiger partial charge on any atom is -0.481 e. The second-order valence-corrected chi connectivity index (χ2v) is 19.6. The molecular weight excluding hydrogens is 880 g/mol. The number of allylic oxidation sites excluding steroid dienone is 7. The molecule has 0 radical (unpaired) electrons. The molecule has 0 aliphatic heterocycles. The number of aliphatic hydroxyl groups excluding tert-OH is 2. The van der Waals surface area contributed by atoms with Gasteiger partial charge < -0.3 is 45.2 Å². The quantitative estimate of drug-likeness (QED) is 0.0101. The monoisotopic (exact) mass is 957 g/mol. The fraction of sp³-hybridized carbons (Fsp3) is 0.744. The highest BCUT2D eigenvalue weighted by Crippen LogP contribution is 2.44. The van der Waals surface area contributed by atoms with Crippen molar-refractivity contribution in [1.29, 1.82) is 0 Å². The second kappa shape index (κ2) is 38.0. The number of nitrogens with two attached hydrogens (primary N) is 1. The maximum Gasteiger partial charge on any atom is 0.472 e. The number of thioether (sulfide) groups is 1. The Labute approximate surface area is 379 Å². The number of carboxylic acids is 1. The van der Waals surface area contributed by atoms with Gasteiger partial charge in [0.05, 0.1) is 25.9 Å². The Bertz CT molecular complexity index is 1440. The summed E-state index contributed by atoms with van der Waals surface area (Å²) in [7, 11) is -9.86. The van der Waals surface area contributed by atoms with E-state index in [1.807, 2.05) is 18.2 Å². The smallest absolute Gasteiger partial charge is 0.472 e. The average molecular weight is 958 g/mol. The molecule has 0 fully saturated rings. The number of aliphatic hydroxyl groups is 2. The Morgan fingerprint density at radius 2 is 1.35 bits per heavy atom. The van der Waals surface area contributed by atoms with Gasteiger partial charge in [-0.25, -0.2) is 9.13 Å². The van der Waals surface area contributed by atoms with Crippen LogP contribution in [0.1, 0.15) is 136 Å². The summed E-state index contributed by atoms with van der Waals surface area (Å²) in [5, 5.41) is 29.2. The number of carboxylic acid groups (broad SMARTS) is 1. The number of carbonyl (C=O) groups is 3. The van der Waals surface area contributed by atoms with E-state index in [4.69, 9.17) is 34.6 Å². The van der Waals surface area contributed by atoms with Crippen molar-refractivity contribution in [1.82, 2.24) is 0 Å². The predicted molar refractivity (Wildman–Crippen MR) is 245 cm³/mol. The van der Waals surface area contributed by atoms with E-state index in [0.717, 1.165) is 56.7 Å². The summed E-state index contributed by atoms with van der Waals surface area (Å²) in [6.07, 6.45) is 26.2. The van der Waals surface area contributed by atoms with Crippen molar-refractivity contribution in [2.24, 2.45) is 11.7 Å². The molecule has 0 aromatic heterocycles. The van der Waals surface area contributed by atoms with Crippen molar-refractivity contribution in [2.45, 2.75) is 166 Å². The summed E-state index contributed by atoms with van der Waals surface area (Å²) in [5.41, 5.74) is 6.14. The molecule has 63 heavy (non-hydrogen) atoms.